The zero-order valence-electron chi connectivity index (χ0n) is 5.27. The number of aromatic carboxylic acids is 1. The first-order valence-corrected chi connectivity index (χ1v) is 2.85. The fourth-order valence-corrected chi connectivity index (χ4v) is 0.814. The lowest BCUT2D eigenvalue weighted by molar-refractivity contribution is 0.0686. The van der Waals surface area contributed by atoms with Crippen LogP contribution in [0, 0.1) is 0 Å². The number of hydrogen-bond acceptors (Lipinski definition) is 4. The second kappa shape index (κ2) is 1.85. The van der Waals surface area contributed by atoms with Crippen LogP contribution in [-0.2, 0) is 0 Å². The van der Waals surface area contributed by atoms with Crippen molar-refractivity contribution < 1.29 is 18.8 Å². The summed E-state index contributed by atoms with van der Waals surface area (Å²) in [6, 6.07) is 1.51. The van der Waals surface area contributed by atoms with Gasteiger partial charge in [0.25, 0.3) is 0 Å². The van der Waals surface area contributed by atoms with Crippen molar-refractivity contribution in [1.82, 2.24) is 5.16 Å². The van der Waals surface area contributed by atoms with Gasteiger partial charge in [-0.15, -0.1) is 0 Å². The summed E-state index contributed by atoms with van der Waals surface area (Å²) in [5.74, 6) is -1.15. The Morgan fingerprint density at radius 2 is 2.45 bits per heavy atom. The van der Waals surface area contributed by atoms with Crippen LogP contribution < -0.4 is 0 Å². The Balaban J connectivity index is 2.78. The van der Waals surface area contributed by atoms with E-state index in [4.69, 9.17) is 9.52 Å². The molecule has 0 aromatic carbocycles. The number of aromatic nitrogens is 1. The number of furan rings is 1. The Hall–Kier alpha value is -1.78. The molecule has 1 N–H and O–H groups in total. The molecule has 5 heteroatoms. The number of rotatable bonds is 1. The van der Waals surface area contributed by atoms with Crippen LogP contribution >= 0.6 is 0 Å². The normalized spacial score (nSPS) is 10.5. The van der Waals surface area contributed by atoms with Crippen LogP contribution in [0.4, 0.5) is 0 Å². The average molecular weight is 153 g/mol. The molecule has 0 fully saturated rings. The van der Waals surface area contributed by atoms with Crippen LogP contribution in [0.1, 0.15) is 10.5 Å². The van der Waals surface area contributed by atoms with Gasteiger partial charge in [0.1, 0.15) is 0 Å². The fourth-order valence-electron chi connectivity index (χ4n) is 0.814. The van der Waals surface area contributed by atoms with E-state index in [1.54, 1.807) is 0 Å². The summed E-state index contributed by atoms with van der Waals surface area (Å²) < 4.78 is 9.44. The van der Waals surface area contributed by atoms with Crippen LogP contribution in [0.25, 0.3) is 11.2 Å². The zero-order chi connectivity index (χ0) is 7.84. The highest BCUT2D eigenvalue weighted by molar-refractivity contribution is 5.97. The van der Waals surface area contributed by atoms with Crippen LogP contribution in [0.2, 0.25) is 0 Å². The third kappa shape index (κ3) is 0.706. The second-order valence-electron chi connectivity index (χ2n) is 1.95. The van der Waals surface area contributed by atoms with E-state index in [9.17, 15) is 4.79 Å². The molecule has 0 spiro atoms. The molecule has 2 rings (SSSR count). The van der Waals surface area contributed by atoms with Crippen LogP contribution in [0.3, 0.4) is 0 Å². The lowest BCUT2D eigenvalue weighted by atomic mass is 10.4. The average Bonchev–Trinajstić information content (AvgIpc) is 2.41. The number of carboxylic acids is 1. The molecule has 0 atom stereocenters. The molecule has 11 heavy (non-hydrogen) atoms. The number of nitrogens with zero attached hydrogens (tertiary/aromatic N) is 1. The zero-order valence-corrected chi connectivity index (χ0v) is 5.27. The Kier molecular flexibility index (Phi) is 1.00. The lowest BCUT2D eigenvalue weighted by Crippen LogP contribution is -1.95. The van der Waals surface area contributed by atoms with Gasteiger partial charge in [0.05, 0.1) is 6.26 Å². The van der Waals surface area contributed by atoms with Gasteiger partial charge >= 0.3 is 5.97 Å². The summed E-state index contributed by atoms with van der Waals surface area (Å²) in [5, 5.41) is 11.8. The predicted octanol–water partition coefficient (Wildman–Crippen LogP) is 1.12. The minimum absolute atomic E-state index is 0.178. The molecule has 0 amide bonds. The van der Waals surface area contributed by atoms with Gasteiger partial charge in [0.2, 0.25) is 16.9 Å². The van der Waals surface area contributed by atoms with Gasteiger partial charge in [-0.3, -0.25) is 0 Å². The van der Waals surface area contributed by atoms with Gasteiger partial charge in [-0.1, -0.05) is 5.16 Å². The monoisotopic (exact) mass is 153 g/mol. The van der Waals surface area contributed by atoms with E-state index in [1.807, 2.05) is 0 Å². The van der Waals surface area contributed by atoms with Gasteiger partial charge in [-0.25, -0.2) is 4.79 Å². The van der Waals surface area contributed by atoms with Crippen LogP contribution in [0.5, 0.6) is 0 Å². The van der Waals surface area contributed by atoms with Gasteiger partial charge in [0, 0.05) is 6.07 Å². The van der Waals surface area contributed by atoms with Crippen molar-refractivity contribution in [2.45, 2.75) is 0 Å². The predicted molar refractivity (Wildman–Crippen MR) is 33.2 cm³/mol. The highest BCUT2D eigenvalue weighted by atomic mass is 16.5. The van der Waals surface area contributed by atoms with E-state index in [0.717, 1.165) is 0 Å². The van der Waals surface area contributed by atoms with Gasteiger partial charge in [0.15, 0.2) is 0 Å². The number of carbonyl (C=O) groups is 1. The fraction of sp³-hybridized carbons (Fsp3) is 0. The second-order valence-corrected chi connectivity index (χ2v) is 1.95. The Morgan fingerprint density at radius 3 is 3.18 bits per heavy atom. The molecule has 0 bridgehead atoms. The number of hydrogen-bond donors (Lipinski definition) is 1. The smallest absolute Gasteiger partial charge is 0.362 e. The Bertz CT molecular complexity index is 399. The topological polar surface area (TPSA) is 76.5 Å². The quantitative estimate of drug-likeness (QED) is 0.664. The van der Waals surface area contributed by atoms with Crippen molar-refractivity contribution in [3.05, 3.63) is 18.0 Å². The molecule has 0 saturated carbocycles. The maximum absolute atomic E-state index is 10.4. The summed E-state index contributed by atoms with van der Waals surface area (Å²) in [4.78, 5) is 10.4. The van der Waals surface area contributed by atoms with Crippen LogP contribution in [-0.4, -0.2) is 16.2 Å². The van der Waals surface area contributed by atoms with Crippen molar-refractivity contribution in [2.75, 3.05) is 0 Å². The lowest BCUT2D eigenvalue weighted by Gasteiger charge is -1.79. The van der Waals surface area contributed by atoms with Gasteiger partial charge < -0.3 is 14.0 Å². The molecule has 2 aromatic heterocycles. The van der Waals surface area contributed by atoms with Gasteiger partial charge in [-0.2, -0.15) is 0 Å². The van der Waals surface area contributed by atoms with Crippen molar-refractivity contribution in [2.24, 2.45) is 0 Å². The maximum atomic E-state index is 10.4. The molecule has 2 aromatic rings. The van der Waals surface area contributed by atoms with E-state index in [-0.39, 0.29) is 11.3 Å². The number of fused-ring (bicyclic) bond motifs is 1. The molecule has 0 aliphatic carbocycles. The molecule has 5 nitrogen and oxygen atoms in total. The van der Waals surface area contributed by atoms with Crippen molar-refractivity contribution in [3.63, 3.8) is 0 Å². The Labute approximate surface area is 60.2 Å². The third-order valence-corrected chi connectivity index (χ3v) is 1.28. The molecular formula is C6H3NO4. The van der Waals surface area contributed by atoms with Crippen molar-refractivity contribution in [3.8, 4) is 0 Å². The van der Waals surface area contributed by atoms with Gasteiger partial charge in [-0.05, 0) is 0 Å². The molecule has 0 aliphatic rings. The minimum Gasteiger partial charge on any atom is -0.476 e. The summed E-state index contributed by atoms with van der Waals surface area (Å²) >= 11 is 0. The largest absolute Gasteiger partial charge is 0.476 e. The molecule has 0 saturated heterocycles. The standard InChI is InChI=1S/C6H3NO4/c8-6(9)4-5-3(11-7-4)1-2-10-5/h1-2H,(H,8,9). The molecule has 0 radical (unpaired) electrons. The Morgan fingerprint density at radius 1 is 1.64 bits per heavy atom. The summed E-state index contributed by atoms with van der Waals surface area (Å²) in [7, 11) is 0. The summed E-state index contributed by atoms with van der Waals surface area (Å²) in [5.41, 5.74) is 0.338. The van der Waals surface area contributed by atoms with E-state index in [2.05, 4.69) is 9.68 Å². The highest BCUT2D eigenvalue weighted by Crippen LogP contribution is 2.18. The number of carboxylic acid groups (broad SMARTS) is 1. The van der Waals surface area contributed by atoms with E-state index in [0.29, 0.717) is 5.58 Å². The van der Waals surface area contributed by atoms with E-state index in [1.165, 1.54) is 12.3 Å². The third-order valence-electron chi connectivity index (χ3n) is 1.28. The van der Waals surface area contributed by atoms with E-state index < -0.39 is 5.97 Å². The van der Waals surface area contributed by atoms with Crippen molar-refractivity contribution >= 4 is 17.1 Å². The first kappa shape index (κ1) is 5.96. The van der Waals surface area contributed by atoms with Crippen molar-refractivity contribution in [1.29, 1.82) is 0 Å². The SMILES string of the molecule is O=C(O)c1noc2ccoc12. The summed E-state index contributed by atoms with van der Waals surface area (Å²) in [6.07, 6.45) is 1.35. The minimum atomic E-state index is -1.15. The maximum Gasteiger partial charge on any atom is 0.362 e. The van der Waals surface area contributed by atoms with E-state index >= 15 is 0 Å². The first-order chi connectivity index (χ1) is 5.29. The van der Waals surface area contributed by atoms with Crippen LogP contribution in [0.15, 0.2) is 21.3 Å². The summed E-state index contributed by atoms with van der Waals surface area (Å²) in [6.45, 7) is 0. The molecule has 0 unspecified atom stereocenters. The molecule has 56 valence electrons. The molecule has 2 heterocycles. The molecule has 0 aliphatic heterocycles. The molecular weight excluding hydrogens is 150 g/mol. The first-order valence-electron chi connectivity index (χ1n) is 2.85. The highest BCUT2D eigenvalue weighted by Gasteiger charge is 2.17.